The molecule has 1 heteroatoms. The molecule has 0 aliphatic heterocycles. The quantitative estimate of drug-likeness (QED) is 0.257. The highest BCUT2D eigenvalue weighted by Crippen LogP contribution is 2.31. The zero-order valence-corrected chi connectivity index (χ0v) is 16.7. The van der Waals surface area contributed by atoms with Crippen LogP contribution in [0, 0.1) is 0 Å². The van der Waals surface area contributed by atoms with Gasteiger partial charge in [0.1, 0.15) is 0 Å². The summed E-state index contributed by atoms with van der Waals surface area (Å²) in [7, 11) is 0. The van der Waals surface area contributed by atoms with E-state index in [1.165, 1.54) is 86.0 Å². The van der Waals surface area contributed by atoms with Gasteiger partial charge in [-0.2, -0.15) is 0 Å². The molecule has 2 aromatic rings. The van der Waals surface area contributed by atoms with E-state index in [9.17, 15) is 0 Å². The summed E-state index contributed by atoms with van der Waals surface area (Å²) >= 11 is 2.02. The zero-order valence-electron chi connectivity index (χ0n) is 15.9. The summed E-state index contributed by atoms with van der Waals surface area (Å²) in [6.07, 6.45) is 14.1. The Labute approximate surface area is 159 Å². The lowest BCUT2D eigenvalue weighted by atomic mass is 10.1. The number of hydrogen-bond donors (Lipinski definition) is 0. The Morgan fingerprint density at radius 2 is 1.16 bits per heavy atom. The summed E-state index contributed by atoms with van der Waals surface area (Å²) in [4.78, 5) is 1.42. The number of unbranched alkanes of at least 4 members (excludes halogenated alkanes) is 9. The normalized spacial score (nSPS) is 10.9. The van der Waals surface area contributed by atoms with Crippen LogP contribution >= 0.6 is 11.8 Å². The van der Waals surface area contributed by atoms with Crippen molar-refractivity contribution in [3.8, 4) is 11.1 Å². The molecule has 0 aromatic heterocycles. The maximum absolute atomic E-state index is 2.29. The molecule has 0 heterocycles. The second-order valence-corrected chi connectivity index (χ2v) is 8.03. The maximum atomic E-state index is 2.29. The number of hydrogen-bond acceptors (Lipinski definition) is 1. The lowest BCUT2D eigenvalue weighted by Crippen LogP contribution is -1.86. The van der Waals surface area contributed by atoms with Crippen molar-refractivity contribution in [1.29, 1.82) is 0 Å². The fourth-order valence-corrected chi connectivity index (χ4v) is 4.30. The fourth-order valence-electron chi connectivity index (χ4n) is 3.22. The Bertz CT molecular complexity index is 561. The topological polar surface area (TPSA) is 0 Å². The standard InChI is InChI=1S/C24H34S/c1-2-3-4-5-6-7-8-9-10-16-21-25-24-20-15-14-19-23(24)22-17-12-11-13-18-22/h11-15,17-20H,2-10,16,21H2,1H3. The van der Waals surface area contributed by atoms with Crippen molar-refractivity contribution in [3.05, 3.63) is 54.6 Å². The van der Waals surface area contributed by atoms with Crippen molar-refractivity contribution in [3.63, 3.8) is 0 Å². The molecule has 0 saturated carbocycles. The molecule has 0 bridgehead atoms. The summed E-state index contributed by atoms with van der Waals surface area (Å²) in [5, 5.41) is 0. The average molecular weight is 355 g/mol. The van der Waals surface area contributed by atoms with Crippen molar-refractivity contribution < 1.29 is 0 Å². The molecular formula is C24H34S. The highest BCUT2D eigenvalue weighted by Gasteiger charge is 2.04. The van der Waals surface area contributed by atoms with E-state index in [2.05, 4.69) is 61.5 Å². The molecule has 0 saturated heterocycles. The number of thioether (sulfide) groups is 1. The number of benzene rings is 2. The van der Waals surface area contributed by atoms with Crippen molar-refractivity contribution in [1.82, 2.24) is 0 Å². The Morgan fingerprint density at radius 1 is 0.600 bits per heavy atom. The van der Waals surface area contributed by atoms with Crippen LogP contribution in [-0.2, 0) is 0 Å². The minimum atomic E-state index is 1.24. The van der Waals surface area contributed by atoms with Crippen molar-refractivity contribution in [2.45, 2.75) is 76.0 Å². The first-order valence-corrected chi connectivity index (χ1v) is 11.2. The minimum absolute atomic E-state index is 1.24. The van der Waals surface area contributed by atoms with Crippen LogP contribution in [0.2, 0.25) is 0 Å². The summed E-state index contributed by atoms with van der Waals surface area (Å²) in [6, 6.07) is 19.6. The first-order chi connectivity index (χ1) is 12.4. The van der Waals surface area contributed by atoms with Gasteiger partial charge in [0.25, 0.3) is 0 Å². The van der Waals surface area contributed by atoms with Gasteiger partial charge in [-0.3, -0.25) is 0 Å². The van der Waals surface area contributed by atoms with Crippen molar-refractivity contribution >= 4 is 11.8 Å². The van der Waals surface area contributed by atoms with E-state index in [1.807, 2.05) is 11.8 Å². The first-order valence-electron chi connectivity index (χ1n) is 10.2. The molecule has 0 nitrogen and oxygen atoms in total. The highest BCUT2D eigenvalue weighted by atomic mass is 32.2. The van der Waals surface area contributed by atoms with Gasteiger partial charge in [0.15, 0.2) is 0 Å². The maximum Gasteiger partial charge on any atom is 0.0150 e. The Balaban J connectivity index is 1.60. The average Bonchev–Trinajstić information content (AvgIpc) is 2.67. The molecule has 0 spiro atoms. The van der Waals surface area contributed by atoms with E-state index < -0.39 is 0 Å². The molecule has 25 heavy (non-hydrogen) atoms. The van der Waals surface area contributed by atoms with Crippen LogP contribution in [0.4, 0.5) is 0 Å². The molecule has 0 radical (unpaired) electrons. The van der Waals surface area contributed by atoms with Crippen LogP contribution in [-0.4, -0.2) is 5.75 Å². The Hall–Kier alpha value is -1.21. The molecule has 0 N–H and O–H groups in total. The van der Waals surface area contributed by atoms with Gasteiger partial charge in [0, 0.05) is 4.90 Å². The molecule has 0 fully saturated rings. The van der Waals surface area contributed by atoms with Gasteiger partial charge in [0.2, 0.25) is 0 Å². The summed E-state index contributed by atoms with van der Waals surface area (Å²) < 4.78 is 0. The van der Waals surface area contributed by atoms with Gasteiger partial charge in [0.05, 0.1) is 0 Å². The third-order valence-corrected chi connectivity index (χ3v) is 5.89. The molecule has 0 aliphatic carbocycles. The van der Waals surface area contributed by atoms with Gasteiger partial charge >= 0.3 is 0 Å². The van der Waals surface area contributed by atoms with Crippen molar-refractivity contribution in [2.24, 2.45) is 0 Å². The van der Waals surface area contributed by atoms with E-state index in [-0.39, 0.29) is 0 Å². The first kappa shape index (κ1) is 20.1. The fraction of sp³-hybridized carbons (Fsp3) is 0.500. The molecule has 0 atom stereocenters. The van der Waals surface area contributed by atoms with Gasteiger partial charge in [-0.1, -0.05) is 113 Å². The summed E-state index contributed by atoms with van der Waals surface area (Å²) in [6.45, 7) is 2.29. The van der Waals surface area contributed by atoms with Gasteiger partial charge in [-0.05, 0) is 29.4 Å². The number of rotatable bonds is 13. The molecule has 0 amide bonds. The van der Waals surface area contributed by atoms with Crippen molar-refractivity contribution in [2.75, 3.05) is 5.75 Å². The lowest BCUT2D eigenvalue weighted by Gasteiger charge is -2.09. The van der Waals surface area contributed by atoms with Crippen LogP contribution in [0.5, 0.6) is 0 Å². The van der Waals surface area contributed by atoms with Crippen LogP contribution in [0.3, 0.4) is 0 Å². The van der Waals surface area contributed by atoms with Gasteiger partial charge < -0.3 is 0 Å². The van der Waals surface area contributed by atoms with Crippen LogP contribution in [0.25, 0.3) is 11.1 Å². The largest absolute Gasteiger partial charge is 0.126 e. The highest BCUT2D eigenvalue weighted by molar-refractivity contribution is 7.99. The Kier molecular flexibility index (Phi) is 10.5. The lowest BCUT2D eigenvalue weighted by molar-refractivity contribution is 0.563. The summed E-state index contributed by atoms with van der Waals surface area (Å²) in [5.74, 6) is 1.24. The van der Waals surface area contributed by atoms with E-state index >= 15 is 0 Å². The summed E-state index contributed by atoms with van der Waals surface area (Å²) in [5.41, 5.74) is 2.70. The Morgan fingerprint density at radius 3 is 1.84 bits per heavy atom. The minimum Gasteiger partial charge on any atom is -0.126 e. The smallest absolute Gasteiger partial charge is 0.0150 e. The second-order valence-electron chi connectivity index (χ2n) is 6.89. The third-order valence-electron chi connectivity index (χ3n) is 4.73. The van der Waals surface area contributed by atoms with E-state index in [0.29, 0.717) is 0 Å². The van der Waals surface area contributed by atoms with E-state index in [4.69, 9.17) is 0 Å². The molecule has 136 valence electrons. The van der Waals surface area contributed by atoms with Gasteiger partial charge in [-0.25, -0.2) is 0 Å². The predicted molar refractivity (Wildman–Crippen MR) is 114 cm³/mol. The third kappa shape index (κ3) is 8.14. The molecule has 2 aromatic carbocycles. The van der Waals surface area contributed by atoms with Crippen LogP contribution in [0.1, 0.15) is 71.1 Å². The predicted octanol–water partition coefficient (Wildman–Crippen LogP) is 8.37. The monoisotopic (exact) mass is 354 g/mol. The van der Waals surface area contributed by atoms with Crippen LogP contribution in [0.15, 0.2) is 59.5 Å². The SMILES string of the molecule is CCCCCCCCCCCCSc1ccccc1-c1ccccc1. The van der Waals surface area contributed by atoms with Gasteiger partial charge in [-0.15, -0.1) is 11.8 Å². The van der Waals surface area contributed by atoms with E-state index in [0.717, 1.165) is 0 Å². The van der Waals surface area contributed by atoms with Crippen LogP contribution < -0.4 is 0 Å². The molecule has 2 rings (SSSR count). The molecular weight excluding hydrogens is 320 g/mol. The van der Waals surface area contributed by atoms with E-state index in [1.54, 1.807) is 0 Å². The zero-order chi connectivity index (χ0) is 17.6. The second kappa shape index (κ2) is 13.1. The molecule has 0 aliphatic rings. The molecule has 0 unspecified atom stereocenters.